The molecule has 2 aromatic carbocycles. The maximum Gasteiger partial charge on any atom is 0.228 e. The van der Waals surface area contributed by atoms with Crippen LogP contribution in [0.5, 0.6) is 0 Å². The van der Waals surface area contributed by atoms with Gasteiger partial charge in [-0.2, -0.15) is 0 Å². The summed E-state index contributed by atoms with van der Waals surface area (Å²) in [7, 11) is -3.60. The van der Waals surface area contributed by atoms with Gasteiger partial charge in [0.05, 0.1) is 4.90 Å². The number of furan rings is 1. The highest BCUT2D eigenvalue weighted by Crippen LogP contribution is 2.31. The van der Waals surface area contributed by atoms with E-state index in [0.717, 1.165) is 5.39 Å². The lowest BCUT2D eigenvalue weighted by Crippen LogP contribution is -2.09. The Hall–Kier alpha value is -5.10. The van der Waals surface area contributed by atoms with Crippen LogP contribution in [0.15, 0.2) is 95.0 Å². The van der Waals surface area contributed by atoms with E-state index in [-0.39, 0.29) is 35.1 Å². The fourth-order valence-electron chi connectivity index (χ4n) is 4.22. The van der Waals surface area contributed by atoms with E-state index in [0.29, 0.717) is 39.6 Å². The number of fused-ring (bicyclic) bond motifs is 3. The molecule has 0 fully saturated rings. The van der Waals surface area contributed by atoms with Crippen LogP contribution in [0.25, 0.3) is 22.1 Å². The number of para-hydroxylation sites is 1. The van der Waals surface area contributed by atoms with Crippen LogP contribution in [0.3, 0.4) is 0 Å². The molecule has 0 radical (unpaired) electrons. The molecule has 198 valence electrons. The highest BCUT2D eigenvalue weighted by Gasteiger charge is 2.18. The Balaban J connectivity index is 1.08. The third-order valence-electron chi connectivity index (χ3n) is 6.12. The standard InChI is InChI=1S/C28H21N7O4S/c36-20(12-18-6-8-21(9-7-18)40(37,38)16-24-29-10-3-11-30-24)13-19-14-31-28(32-15-19)35-27-26-25(33-17-34-27)22-4-1-2-5-23(22)39-26/h1-11,14-15,17H,12-13,16H2,(H,31,32,33,34,35). The number of Topliss-reactive ketones (excluding diaryl/α,β-unsaturated/α-hetero) is 1. The summed E-state index contributed by atoms with van der Waals surface area (Å²) in [6, 6.07) is 15.5. The second-order valence-electron chi connectivity index (χ2n) is 9.00. The number of nitrogens with one attached hydrogen (secondary N) is 1. The normalized spacial score (nSPS) is 11.6. The first-order valence-corrected chi connectivity index (χ1v) is 13.9. The molecule has 4 heterocycles. The summed E-state index contributed by atoms with van der Waals surface area (Å²) in [6.45, 7) is 0. The smallest absolute Gasteiger partial charge is 0.228 e. The van der Waals surface area contributed by atoms with Gasteiger partial charge in [0, 0.05) is 43.0 Å². The summed E-state index contributed by atoms with van der Waals surface area (Å²) in [5.74, 6) is 0.612. The molecule has 6 rings (SSSR count). The van der Waals surface area contributed by atoms with Crippen LogP contribution in [-0.2, 0) is 33.2 Å². The number of nitrogens with zero attached hydrogens (tertiary/aromatic N) is 6. The summed E-state index contributed by atoms with van der Waals surface area (Å²) in [6.07, 6.45) is 7.87. The van der Waals surface area contributed by atoms with E-state index in [4.69, 9.17) is 4.42 Å². The summed E-state index contributed by atoms with van der Waals surface area (Å²) in [4.78, 5) is 38.0. The number of ketones is 1. The van der Waals surface area contributed by atoms with Crippen molar-refractivity contribution in [3.8, 4) is 0 Å². The molecule has 0 aliphatic carbocycles. The molecule has 1 N–H and O–H groups in total. The number of anilines is 2. The third-order valence-corrected chi connectivity index (χ3v) is 7.75. The fourth-order valence-corrected chi connectivity index (χ4v) is 5.43. The van der Waals surface area contributed by atoms with Crippen molar-refractivity contribution in [3.63, 3.8) is 0 Å². The lowest BCUT2D eigenvalue weighted by atomic mass is 10.0. The fraction of sp³-hybridized carbons (Fsp3) is 0.107. The molecule has 0 saturated carbocycles. The lowest BCUT2D eigenvalue weighted by molar-refractivity contribution is -0.117. The number of hydrogen-bond donors (Lipinski definition) is 1. The Morgan fingerprint density at radius 3 is 2.30 bits per heavy atom. The molecule has 4 aromatic heterocycles. The molecular formula is C28H21N7O4S. The van der Waals surface area contributed by atoms with Gasteiger partial charge in [0.15, 0.2) is 21.2 Å². The first kappa shape index (κ1) is 25.2. The topological polar surface area (TPSA) is 154 Å². The van der Waals surface area contributed by atoms with E-state index in [1.54, 1.807) is 30.6 Å². The average molecular weight is 552 g/mol. The molecule has 12 heteroatoms. The van der Waals surface area contributed by atoms with Gasteiger partial charge in [-0.1, -0.05) is 24.3 Å². The van der Waals surface area contributed by atoms with Crippen LogP contribution in [0.4, 0.5) is 11.8 Å². The van der Waals surface area contributed by atoms with Gasteiger partial charge in [-0.15, -0.1) is 0 Å². The Morgan fingerprint density at radius 2 is 1.52 bits per heavy atom. The van der Waals surface area contributed by atoms with Crippen LogP contribution in [0.1, 0.15) is 17.0 Å². The van der Waals surface area contributed by atoms with E-state index in [1.807, 2.05) is 24.3 Å². The van der Waals surface area contributed by atoms with Crippen molar-refractivity contribution in [2.24, 2.45) is 0 Å². The first-order chi connectivity index (χ1) is 19.4. The number of benzene rings is 2. The monoisotopic (exact) mass is 551 g/mol. The molecule has 0 aliphatic heterocycles. The van der Waals surface area contributed by atoms with Crippen molar-refractivity contribution >= 4 is 49.5 Å². The summed E-state index contributed by atoms with van der Waals surface area (Å²) in [5, 5.41) is 3.94. The zero-order valence-electron chi connectivity index (χ0n) is 20.9. The van der Waals surface area contributed by atoms with Crippen molar-refractivity contribution in [1.29, 1.82) is 0 Å². The second kappa shape index (κ2) is 10.6. The van der Waals surface area contributed by atoms with Gasteiger partial charge in [-0.3, -0.25) is 4.79 Å². The van der Waals surface area contributed by atoms with E-state index in [9.17, 15) is 13.2 Å². The highest BCUT2D eigenvalue weighted by atomic mass is 32.2. The number of carbonyl (C=O) groups excluding carboxylic acids is 1. The summed E-state index contributed by atoms with van der Waals surface area (Å²) in [5.41, 5.74) is 3.24. The molecular weight excluding hydrogens is 530 g/mol. The van der Waals surface area contributed by atoms with E-state index < -0.39 is 9.84 Å². The molecule has 11 nitrogen and oxygen atoms in total. The van der Waals surface area contributed by atoms with Crippen LogP contribution >= 0.6 is 0 Å². The van der Waals surface area contributed by atoms with Crippen molar-refractivity contribution in [1.82, 2.24) is 29.9 Å². The molecule has 0 aliphatic rings. The van der Waals surface area contributed by atoms with E-state index in [2.05, 4.69) is 35.2 Å². The van der Waals surface area contributed by atoms with Crippen LogP contribution in [0, 0.1) is 0 Å². The largest absolute Gasteiger partial charge is 0.450 e. The minimum Gasteiger partial charge on any atom is -0.450 e. The average Bonchev–Trinajstić information content (AvgIpc) is 3.35. The van der Waals surface area contributed by atoms with Crippen molar-refractivity contribution < 1.29 is 17.6 Å². The molecule has 0 spiro atoms. The van der Waals surface area contributed by atoms with Crippen molar-refractivity contribution in [2.75, 3.05) is 5.32 Å². The van der Waals surface area contributed by atoms with Gasteiger partial charge in [0.1, 0.15) is 34.8 Å². The first-order valence-electron chi connectivity index (χ1n) is 12.2. The summed E-state index contributed by atoms with van der Waals surface area (Å²) >= 11 is 0. The second-order valence-corrected chi connectivity index (χ2v) is 11.0. The molecule has 6 aromatic rings. The van der Waals surface area contributed by atoms with Gasteiger partial charge < -0.3 is 9.73 Å². The number of aromatic nitrogens is 6. The number of rotatable bonds is 9. The van der Waals surface area contributed by atoms with Gasteiger partial charge in [0.25, 0.3) is 0 Å². The minimum absolute atomic E-state index is 0.0580. The van der Waals surface area contributed by atoms with E-state index >= 15 is 0 Å². The lowest BCUT2D eigenvalue weighted by Gasteiger charge is -2.06. The van der Waals surface area contributed by atoms with Gasteiger partial charge >= 0.3 is 0 Å². The van der Waals surface area contributed by atoms with Gasteiger partial charge in [-0.25, -0.2) is 38.3 Å². The maximum atomic E-state index is 12.7. The molecule has 0 amide bonds. The Bertz CT molecular complexity index is 1930. The predicted molar refractivity (Wildman–Crippen MR) is 146 cm³/mol. The van der Waals surface area contributed by atoms with Crippen LogP contribution < -0.4 is 5.32 Å². The quantitative estimate of drug-likeness (QED) is 0.277. The zero-order valence-corrected chi connectivity index (χ0v) is 21.7. The highest BCUT2D eigenvalue weighted by molar-refractivity contribution is 7.90. The minimum atomic E-state index is -3.60. The molecule has 0 saturated heterocycles. The number of sulfone groups is 1. The SMILES string of the molecule is O=C(Cc1ccc(S(=O)(=O)Cc2ncccn2)cc1)Cc1cnc(Nc2ncnc3c2oc2ccccc23)nc1. The number of carbonyl (C=O) groups is 1. The van der Waals surface area contributed by atoms with Crippen LogP contribution in [-0.4, -0.2) is 44.1 Å². The van der Waals surface area contributed by atoms with Gasteiger partial charge in [0.2, 0.25) is 5.95 Å². The zero-order chi connectivity index (χ0) is 27.5. The Labute approximate surface area is 228 Å². The van der Waals surface area contributed by atoms with Crippen molar-refractivity contribution in [3.05, 3.63) is 103 Å². The molecule has 0 atom stereocenters. The van der Waals surface area contributed by atoms with Gasteiger partial charge in [-0.05, 0) is 41.5 Å². The third kappa shape index (κ3) is 5.38. The Kier molecular flexibility index (Phi) is 6.66. The number of hydrogen-bond acceptors (Lipinski definition) is 11. The summed E-state index contributed by atoms with van der Waals surface area (Å²) < 4.78 is 31.2. The molecule has 0 unspecified atom stereocenters. The molecule has 0 bridgehead atoms. The predicted octanol–water partition coefficient (Wildman–Crippen LogP) is 4.03. The maximum absolute atomic E-state index is 12.7. The Morgan fingerprint density at radius 1 is 0.800 bits per heavy atom. The molecule has 40 heavy (non-hydrogen) atoms. The van der Waals surface area contributed by atoms with E-state index in [1.165, 1.54) is 30.9 Å². The van der Waals surface area contributed by atoms with Crippen LogP contribution in [0.2, 0.25) is 0 Å². The van der Waals surface area contributed by atoms with Crippen molar-refractivity contribution in [2.45, 2.75) is 23.5 Å².